The molecule has 2 aliphatic rings. The van der Waals surface area contributed by atoms with E-state index in [9.17, 15) is 33.1 Å². The number of halogens is 3. The molecule has 1 N–H and O–H groups in total. The predicted octanol–water partition coefficient (Wildman–Crippen LogP) is 4.70. The molecule has 0 bridgehead atoms. The number of aliphatic hydroxyl groups excluding tert-OH is 1. The number of hydrogen-bond acceptors (Lipinski definition) is 5. The molecule has 0 aliphatic carbocycles. The molecule has 1 aromatic heterocycles. The van der Waals surface area contributed by atoms with Crippen LogP contribution in [0.1, 0.15) is 72.6 Å². The van der Waals surface area contributed by atoms with Crippen LogP contribution in [0.4, 0.5) is 13.2 Å². The van der Waals surface area contributed by atoms with E-state index < -0.39 is 40.7 Å². The number of hydrogen-bond donors (Lipinski definition) is 1. The minimum absolute atomic E-state index is 0.134. The number of benzene rings is 1. The Kier molecular flexibility index (Phi) is 8.60. The van der Waals surface area contributed by atoms with Crippen LogP contribution >= 0.6 is 0 Å². The molecule has 39 heavy (non-hydrogen) atoms. The Morgan fingerprint density at radius 2 is 1.87 bits per heavy atom. The average molecular weight is 543 g/mol. The molecule has 2 aliphatic heterocycles. The Morgan fingerprint density at radius 3 is 2.51 bits per heavy atom. The summed E-state index contributed by atoms with van der Waals surface area (Å²) in [6, 6.07) is 11.2. The van der Waals surface area contributed by atoms with Crippen LogP contribution in [-0.2, 0) is 23.0 Å². The number of piperidine rings is 2. The first kappa shape index (κ1) is 28.6. The molecule has 2 atom stereocenters. The molecule has 2 aromatic rings. The van der Waals surface area contributed by atoms with Gasteiger partial charge in [-0.25, -0.2) is 0 Å². The van der Waals surface area contributed by atoms with E-state index in [4.69, 9.17) is 0 Å². The summed E-state index contributed by atoms with van der Waals surface area (Å²) in [6.45, 7) is 2.68. The standard InChI is InChI=1S/C29H33F3N4O3/c1-2-7-24-21(9-6-15-36(24)27(39)25-23(29(30,31)32)11-5-14-34-25)26(38)35-16-12-28(19-33,13-17-35)22-10-4-3-8-20(22)18-37/h3-5,8,10-11,14,21,24,37H,2,6-7,9,12-13,15-18H2,1H3. The highest BCUT2D eigenvalue weighted by atomic mass is 19.4. The third kappa shape index (κ3) is 5.64. The number of carbonyl (C=O) groups is 2. The molecular formula is C29H33F3N4O3. The van der Waals surface area contributed by atoms with Crippen LogP contribution in [0.15, 0.2) is 42.6 Å². The molecule has 0 radical (unpaired) electrons. The van der Waals surface area contributed by atoms with E-state index in [1.807, 2.05) is 25.1 Å². The number of amides is 2. The summed E-state index contributed by atoms with van der Waals surface area (Å²) in [5.74, 6) is -1.48. The molecule has 4 rings (SSSR count). The molecule has 0 spiro atoms. The van der Waals surface area contributed by atoms with Crippen molar-refractivity contribution in [2.75, 3.05) is 19.6 Å². The highest BCUT2D eigenvalue weighted by molar-refractivity contribution is 5.95. The monoisotopic (exact) mass is 542 g/mol. The smallest absolute Gasteiger partial charge is 0.392 e. The van der Waals surface area contributed by atoms with Gasteiger partial charge in [-0.15, -0.1) is 0 Å². The SMILES string of the molecule is CCCC1C(C(=O)N2CCC(C#N)(c3ccccc3CO)CC2)CCCN1C(=O)c1ncccc1C(F)(F)F. The quantitative estimate of drug-likeness (QED) is 0.571. The first-order chi connectivity index (χ1) is 18.7. The predicted molar refractivity (Wildman–Crippen MR) is 137 cm³/mol. The fourth-order valence-electron chi connectivity index (χ4n) is 6.10. The number of nitriles is 1. The number of aliphatic hydroxyl groups is 1. The third-order valence-corrected chi connectivity index (χ3v) is 8.10. The largest absolute Gasteiger partial charge is 0.418 e. The molecule has 2 saturated heterocycles. The lowest BCUT2D eigenvalue weighted by atomic mass is 9.72. The zero-order chi connectivity index (χ0) is 28.2. The van der Waals surface area contributed by atoms with Crippen molar-refractivity contribution in [1.82, 2.24) is 14.8 Å². The van der Waals surface area contributed by atoms with Gasteiger partial charge in [-0.1, -0.05) is 37.6 Å². The number of aromatic nitrogens is 1. The highest BCUT2D eigenvalue weighted by Gasteiger charge is 2.45. The number of alkyl halides is 3. The fraction of sp³-hybridized carbons (Fsp3) is 0.517. The molecule has 2 amide bonds. The Hall–Kier alpha value is -3.45. The van der Waals surface area contributed by atoms with Crippen molar-refractivity contribution in [3.63, 3.8) is 0 Å². The highest BCUT2D eigenvalue weighted by Crippen LogP contribution is 2.39. The summed E-state index contributed by atoms with van der Waals surface area (Å²) >= 11 is 0. The topological polar surface area (TPSA) is 97.5 Å². The van der Waals surface area contributed by atoms with E-state index in [0.717, 1.165) is 17.7 Å². The summed E-state index contributed by atoms with van der Waals surface area (Å²) in [7, 11) is 0. The van der Waals surface area contributed by atoms with Crippen molar-refractivity contribution >= 4 is 11.8 Å². The lowest BCUT2D eigenvalue weighted by molar-refractivity contribution is -0.141. The van der Waals surface area contributed by atoms with Gasteiger partial charge >= 0.3 is 6.18 Å². The summed E-state index contributed by atoms with van der Waals surface area (Å²) in [5, 5.41) is 19.9. The Balaban J connectivity index is 1.55. The van der Waals surface area contributed by atoms with Gasteiger partial charge in [-0.05, 0) is 55.4 Å². The molecule has 2 fully saturated rings. The average Bonchev–Trinajstić information content (AvgIpc) is 2.96. The molecule has 3 heterocycles. The van der Waals surface area contributed by atoms with Crippen molar-refractivity contribution in [3.8, 4) is 6.07 Å². The minimum Gasteiger partial charge on any atom is -0.392 e. The van der Waals surface area contributed by atoms with Gasteiger partial charge in [0.2, 0.25) is 5.91 Å². The van der Waals surface area contributed by atoms with Gasteiger partial charge in [-0.3, -0.25) is 14.6 Å². The zero-order valence-electron chi connectivity index (χ0n) is 22.0. The Morgan fingerprint density at radius 1 is 1.15 bits per heavy atom. The fourth-order valence-corrected chi connectivity index (χ4v) is 6.10. The molecule has 7 nitrogen and oxygen atoms in total. The lowest BCUT2D eigenvalue weighted by Gasteiger charge is -2.44. The maximum absolute atomic E-state index is 13.8. The van der Waals surface area contributed by atoms with Crippen molar-refractivity contribution in [2.24, 2.45) is 5.92 Å². The van der Waals surface area contributed by atoms with E-state index in [-0.39, 0.29) is 19.1 Å². The van der Waals surface area contributed by atoms with Crippen LogP contribution in [0.5, 0.6) is 0 Å². The lowest BCUT2D eigenvalue weighted by Crippen LogP contribution is -2.55. The molecule has 0 saturated carbocycles. The van der Waals surface area contributed by atoms with E-state index >= 15 is 0 Å². The number of rotatable bonds is 6. The van der Waals surface area contributed by atoms with Crippen molar-refractivity contribution < 1.29 is 27.9 Å². The van der Waals surface area contributed by atoms with Gasteiger partial charge in [0.1, 0.15) is 5.69 Å². The van der Waals surface area contributed by atoms with Crippen molar-refractivity contribution in [3.05, 3.63) is 65.0 Å². The molecule has 1 aromatic carbocycles. The number of likely N-dealkylation sites (tertiary alicyclic amines) is 2. The van der Waals surface area contributed by atoms with Crippen LogP contribution in [0.2, 0.25) is 0 Å². The van der Waals surface area contributed by atoms with Crippen molar-refractivity contribution in [1.29, 1.82) is 5.26 Å². The number of nitrogens with zero attached hydrogens (tertiary/aromatic N) is 4. The Bertz CT molecular complexity index is 1230. The maximum Gasteiger partial charge on any atom is 0.418 e. The van der Waals surface area contributed by atoms with Gasteiger partial charge in [0, 0.05) is 31.9 Å². The van der Waals surface area contributed by atoms with Crippen LogP contribution in [-0.4, -0.2) is 57.4 Å². The summed E-state index contributed by atoms with van der Waals surface area (Å²) in [6.07, 6.45) is -0.566. The van der Waals surface area contributed by atoms with Gasteiger partial charge in [-0.2, -0.15) is 18.4 Å². The van der Waals surface area contributed by atoms with Crippen LogP contribution in [0.25, 0.3) is 0 Å². The third-order valence-electron chi connectivity index (χ3n) is 8.10. The van der Waals surface area contributed by atoms with Crippen LogP contribution in [0, 0.1) is 17.2 Å². The van der Waals surface area contributed by atoms with Crippen LogP contribution < -0.4 is 0 Å². The van der Waals surface area contributed by atoms with Gasteiger partial charge in [0.25, 0.3) is 5.91 Å². The summed E-state index contributed by atoms with van der Waals surface area (Å²) < 4.78 is 40.9. The number of pyridine rings is 1. The maximum atomic E-state index is 13.8. The normalized spacial score (nSPS) is 21.3. The molecule has 2 unspecified atom stereocenters. The zero-order valence-corrected chi connectivity index (χ0v) is 22.0. The van der Waals surface area contributed by atoms with E-state index in [2.05, 4.69) is 11.1 Å². The summed E-state index contributed by atoms with van der Waals surface area (Å²) in [5.41, 5.74) is -1.07. The van der Waals surface area contributed by atoms with Crippen LogP contribution in [0.3, 0.4) is 0 Å². The second-order valence-electron chi connectivity index (χ2n) is 10.3. The number of carbonyl (C=O) groups excluding carboxylic acids is 2. The minimum atomic E-state index is -4.72. The Labute approximate surface area is 226 Å². The van der Waals surface area contributed by atoms with Gasteiger partial charge < -0.3 is 14.9 Å². The van der Waals surface area contributed by atoms with E-state index in [0.29, 0.717) is 57.2 Å². The van der Waals surface area contributed by atoms with E-state index in [1.54, 1.807) is 11.0 Å². The van der Waals surface area contributed by atoms with Crippen molar-refractivity contribution in [2.45, 2.75) is 69.7 Å². The van der Waals surface area contributed by atoms with Gasteiger partial charge in [0.15, 0.2) is 0 Å². The summed E-state index contributed by atoms with van der Waals surface area (Å²) in [4.78, 5) is 34.1. The molecule has 10 heteroatoms. The van der Waals surface area contributed by atoms with E-state index in [1.165, 1.54) is 11.1 Å². The second kappa shape index (κ2) is 11.7. The first-order valence-electron chi connectivity index (χ1n) is 13.4. The second-order valence-corrected chi connectivity index (χ2v) is 10.3. The molecular weight excluding hydrogens is 509 g/mol. The van der Waals surface area contributed by atoms with Gasteiger partial charge in [0.05, 0.1) is 29.6 Å². The first-order valence-corrected chi connectivity index (χ1v) is 13.4. The molecule has 208 valence electrons.